The zero-order valence-corrected chi connectivity index (χ0v) is 9.39. The van der Waals surface area contributed by atoms with Gasteiger partial charge in [0.1, 0.15) is 12.6 Å². The molecule has 5 heteroatoms. The van der Waals surface area contributed by atoms with E-state index in [1.165, 1.54) is 11.0 Å². The summed E-state index contributed by atoms with van der Waals surface area (Å²) in [4.78, 5) is 24.0. The van der Waals surface area contributed by atoms with Gasteiger partial charge in [-0.25, -0.2) is 9.59 Å². The Hall–Kier alpha value is -1.52. The second kappa shape index (κ2) is 5.53. The predicted molar refractivity (Wildman–Crippen MR) is 58.1 cm³/mol. The highest BCUT2D eigenvalue weighted by Crippen LogP contribution is 2.27. The van der Waals surface area contributed by atoms with Crippen LogP contribution in [0.5, 0.6) is 0 Å². The van der Waals surface area contributed by atoms with E-state index in [1.54, 1.807) is 0 Å². The van der Waals surface area contributed by atoms with Gasteiger partial charge in [0.25, 0.3) is 0 Å². The number of carbonyl (C=O) groups excluding carboxylic acids is 1. The number of likely N-dealkylation sites (tertiary alicyclic amines) is 1. The third-order valence-corrected chi connectivity index (χ3v) is 2.79. The zero-order chi connectivity index (χ0) is 12.1. The normalized spacial score (nSPS) is 24.2. The van der Waals surface area contributed by atoms with Crippen molar-refractivity contribution in [3.8, 4) is 0 Å². The van der Waals surface area contributed by atoms with Crippen molar-refractivity contribution < 1.29 is 19.4 Å². The minimum absolute atomic E-state index is 0.0292. The van der Waals surface area contributed by atoms with E-state index in [9.17, 15) is 9.59 Å². The van der Waals surface area contributed by atoms with Crippen molar-refractivity contribution in [1.82, 2.24) is 4.90 Å². The first-order valence-electron chi connectivity index (χ1n) is 5.40. The van der Waals surface area contributed by atoms with Crippen LogP contribution in [-0.4, -0.2) is 40.8 Å². The minimum Gasteiger partial charge on any atom is -0.480 e. The summed E-state index contributed by atoms with van der Waals surface area (Å²) in [5, 5.41) is 9.00. The first-order chi connectivity index (χ1) is 7.61. The van der Waals surface area contributed by atoms with Crippen LogP contribution >= 0.6 is 0 Å². The average molecular weight is 227 g/mol. The van der Waals surface area contributed by atoms with Gasteiger partial charge in [-0.3, -0.25) is 4.90 Å². The fourth-order valence-electron chi connectivity index (χ4n) is 2.01. The monoisotopic (exact) mass is 227 g/mol. The maximum Gasteiger partial charge on any atom is 0.411 e. The van der Waals surface area contributed by atoms with E-state index in [1.807, 2.05) is 6.92 Å². The third kappa shape index (κ3) is 2.53. The molecule has 2 atom stereocenters. The van der Waals surface area contributed by atoms with Gasteiger partial charge in [0, 0.05) is 6.04 Å². The number of carboxylic acids is 1. The van der Waals surface area contributed by atoms with Crippen molar-refractivity contribution in [2.45, 2.75) is 38.3 Å². The van der Waals surface area contributed by atoms with Gasteiger partial charge in [-0.15, -0.1) is 0 Å². The van der Waals surface area contributed by atoms with Crippen LogP contribution in [0.4, 0.5) is 4.79 Å². The smallest absolute Gasteiger partial charge is 0.411 e. The second-order valence-corrected chi connectivity index (χ2v) is 3.77. The van der Waals surface area contributed by atoms with Crippen molar-refractivity contribution in [1.29, 1.82) is 0 Å². The van der Waals surface area contributed by atoms with Crippen LogP contribution in [-0.2, 0) is 9.53 Å². The summed E-state index contributed by atoms with van der Waals surface area (Å²) < 4.78 is 4.89. The Morgan fingerprint density at radius 3 is 2.75 bits per heavy atom. The fourth-order valence-corrected chi connectivity index (χ4v) is 2.01. The van der Waals surface area contributed by atoms with E-state index < -0.39 is 18.1 Å². The molecule has 2 unspecified atom stereocenters. The topological polar surface area (TPSA) is 66.8 Å². The van der Waals surface area contributed by atoms with Gasteiger partial charge in [0.05, 0.1) is 0 Å². The molecule has 1 aliphatic rings. The summed E-state index contributed by atoms with van der Waals surface area (Å²) in [7, 11) is 0. The molecular weight excluding hydrogens is 210 g/mol. The Bertz CT molecular complexity index is 290. The molecule has 1 aliphatic heterocycles. The minimum atomic E-state index is -0.966. The number of ether oxygens (including phenoxy) is 1. The highest BCUT2D eigenvalue weighted by atomic mass is 16.6. The first-order valence-corrected chi connectivity index (χ1v) is 5.40. The summed E-state index contributed by atoms with van der Waals surface area (Å²) in [6, 6.07) is -0.777. The number of carbonyl (C=O) groups is 2. The van der Waals surface area contributed by atoms with Crippen LogP contribution in [0, 0.1) is 0 Å². The van der Waals surface area contributed by atoms with Gasteiger partial charge in [0.2, 0.25) is 0 Å². The summed E-state index contributed by atoms with van der Waals surface area (Å²) in [5.41, 5.74) is 0. The third-order valence-electron chi connectivity index (χ3n) is 2.79. The van der Waals surface area contributed by atoms with E-state index in [4.69, 9.17) is 9.84 Å². The molecule has 1 saturated heterocycles. The van der Waals surface area contributed by atoms with E-state index in [0.717, 1.165) is 12.8 Å². The summed E-state index contributed by atoms with van der Waals surface area (Å²) in [6.45, 7) is 5.48. The Morgan fingerprint density at radius 1 is 1.56 bits per heavy atom. The number of hydrogen-bond acceptors (Lipinski definition) is 3. The van der Waals surface area contributed by atoms with Crippen molar-refractivity contribution in [2.24, 2.45) is 0 Å². The molecule has 1 heterocycles. The lowest BCUT2D eigenvalue weighted by Crippen LogP contribution is -2.45. The van der Waals surface area contributed by atoms with E-state index in [0.29, 0.717) is 6.42 Å². The van der Waals surface area contributed by atoms with Gasteiger partial charge < -0.3 is 9.84 Å². The average Bonchev–Trinajstić information content (AvgIpc) is 2.69. The standard InChI is InChI=1S/C11H17NO4/c1-3-7-16-11(15)12-8(4-2)5-6-9(12)10(13)14/h3,8-9H,1,4-7H2,2H3,(H,13,14). The van der Waals surface area contributed by atoms with Crippen LogP contribution in [0.25, 0.3) is 0 Å². The summed E-state index contributed by atoms with van der Waals surface area (Å²) in [5.74, 6) is -0.966. The largest absolute Gasteiger partial charge is 0.480 e. The van der Waals surface area contributed by atoms with E-state index in [2.05, 4.69) is 6.58 Å². The Labute approximate surface area is 94.7 Å². The quantitative estimate of drug-likeness (QED) is 0.741. The number of amides is 1. The van der Waals surface area contributed by atoms with Gasteiger partial charge >= 0.3 is 12.1 Å². The molecule has 1 N–H and O–H groups in total. The molecule has 0 spiro atoms. The highest BCUT2D eigenvalue weighted by Gasteiger charge is 2.40. The highest BCUT2D eigenvalue weighted by molar-refractivity contribution is 5.81. The number of aliphatic carboxylic acids is 1. The van der Waals surface area contributed by atoms with Gasteiger partial charge in [-0.2, -0.15) is 0 Å². The molecule has 1 rings (SSSR count). The molecule has 0 saturated carbocycles. The van der Waals surface area contributed by atoms with Gasteiger partial charge in [-0.1, -0.05) is 19.6 Å². The maximum absolute atomic E-state index is 11.7. The van der Waals surface area contributed by atoms with Crippen LogP contribution < -0.4 is 0 Å². The first kappa shape index (κ1) is 12.5. The predicted octanol–water partition coefficient (Wildman–Crippen LogP) is 1.64. The van der Waals surface area contributed by atoms with Crippen LogP contribution in [0.3, 0.4) is 0 Å². The Balaban J connectivity index is 2.72. The van der Waals surface area contributed by atoms with E-state index in [-0.39, 0.29) is 12.6 Å². The van der Waals surface area contributed by atoms with Crippen molar-refractivity contribution in [2.75, 3.05) is 6.61 Å². The van der Waals surface area contributed by atoms with Crippen molar-refractivity contribution in [3.63, 3.8) is 0 Å². The molecule has 0 aromatic rings. The maximum atomic E-state index is 11.7. The molecular formula is C11H17NO4. The fraction of sp³-hybridized carbons (Fsp3) is 0.636. The zero-order valence-electron chi connectivity index (χ0n) is 9.39. The number of nitrogens with zero attached hydrogens (tertiary/aromatic N) is 1. The number of carboxylic acid groups (broad SMARTS) is 1. The molecule has 0 bridgehead atoms. The van der Waals surface area contributed by atoms with Crippen molar-refractivity contribution >= 4 is 12.1 Å². The van der Waals surface area contributed by atoms with Crippen LogP contribution in [0.1, 0.15) is 26.2 Å². The molecule has 0 aromatic carbocycles. The lowest BCUT2D eigenvalue weighted by atomic mass is 10.1. The lowest BCUT2D eigenvalue weighted by molar-refractivity contribution is -0.142. The molecule has 5 nitrogen and oxygen atoms in total. The number of rotatable bonds is 4. The molecule has 1 amide bonds. The number of hydrogen-bond donors (Lipinski definition) is 1. The molecule has 90 valence electrons. The Morgan fingerprint density at radius 2 is 2.25 bits per heavy atom. The Kier molecular flexibility index (Phi) is 4.34. The summed E-state index contributed by atoms with van der Waals surface area (Å²) >= 11 is 0. The van der Waals surface area contributed by atoms with Crippen LogP contribution in [0.15, 0.2) is 12.7 Å². The lowest BCUT2D eigenvalue weighted by Gasteiger charge is -2.26. The van der Waals surface area contributed by atoms with Gasteiger partial charge in [-0.05, 0) is 19.3 Å². The second-order valence-electron chi connectivity index (χ2n) is 3.77. The SMILES string of the molecule is C=CCOC(=O)N1C(CC)CCC1C(=O)O. The molecule has 0 aliphatic carbocycles. The summed E-state index contributed by atoms with van der Waals surface area (Å²) in [6.07, 6.45) is 2.86. The molecule has 0 aromatic heterocycles. The molecule has 1 fully saturated rings. The van der Waals surface area contributed by atoms with E-state index >= 15 is 0 Å². The van der Waals surface area contributed by atoms with Gasteiger partial charge in [0.15, 0.2) is 0 Å². The van der Waals surface area contributed by atoms with Crippen LogP contribution in [0.2, 0.25) is 0 Å². The molecule has 16 heavy (non-hydrogen) atoms. The molecule has 0 radical (unpaired) electrons. The van der Waals surface area contributed by atoms with Crippen molar-refractivity contribution in [3.05, 3.63) is 12.7 Å².